The number of cyclic esters (lactones) is 1. The van der Waals surface area contributed by atoms with E-state index in [9.17, 15) is 4.79 Å². The summed E-state index contributed by atoms with van der Waals surface area (Å²) >= 11 is 0. The molecule has 0 spiro atoms. The van der Waals surface area contributed by atoms with Gasteiger partial charge in [0.15, 0.2) is 6.10 Å². The molecule has 6 rings (SSSR count). The Bertz CT molecular complexity index is 1390. The standard InChI is InChI=1S/C24H21FN8O3/c25-21-9-17(33-14-19(35-24(33)34)13-32-8-6-28-30-32)2-3-20(21)16-1-4-22(27-11-16)23-10-18(36-29-23)12-31-7-5-26-15-31/h1-9,11,15,18-19H,10,12-14H2/t18-,19-/m0/s1. The number of halogens is 1. The van der Waals surface area contributed by atoms with Gasteiger partial charge >= 0.3 is 6.09 Å². The fraction of sp³-hybridized carbons (Fsp3) is 0.250. The van der Waals surface area contributed by atoms with Crippen LogP contribution in [0.25, 0.3) is 11.1 Å². The van der Waals surface area contributed by atoms with Crippen molar-refractivity contribution in [2.45, 2.75) is 31.7 Å². The lowest BCUT2D eigenvalue weighted by Gasteiger charge is -2.14. The summed E-state index contributed by atoms with van der Waals surface area (Å²) < 4.78 is 24.0. The molecule has 5 heterocycles. The molecule has 0 N–H and O–H groups in total. The van der Waals surface area contributed by atoms with E-state index in [0.717, 1.165) is 5.71 Å². The number of nitrogens with zero attached hydrogens (tertiary/aromatic N) is 8. The number of anilines is 1. The number of pyridine rings is 1. The van der Waals surface area contributed by atoms with Gasteiger partial charge in [0.1, 0.15) is 17.6 Å². The predicted molar refractivity (Wildman–Crippen MR) is 126 cm³/mol. The number of aromatic nitrogens is 6. The molecular formula is C24H21FN8O3. The van der Waals surface area contributed by atoms with Crippen molar-refractivity contribution in [2.24, 2.45) is 5.16 Å². The lowest BCUT2D eigenvalue weighted by molar-refractivity contribution is 0.0725. The second-order valence-corrected chi connectivity index (χ2v) is 8.57. The minimum absolute atomic E-state index is 0.0891. The molecule has 12 heteroatoms. The van der Waals surface area contributed by atoms with Gasteiger partial charge in [-0.15, -0.1) is 5.10 Å². The largest absolute Gasteiger partial charge is 0.442 e. The van der Waals surface area contributed by atoms with Crippen molar-refractivity contribution in [1.82, 2.24) is 29.5 Å². The third kappa shape index (κ3) is 4.40. The van der Waals surface area contributed by atoms with Gasteiger partial charge in [-0.2, -0.15) is 0 Å². The van der Waals surface area contributed by atoms with E-state index in [1.165, 1.54) is 11.0 Å². The summed E-state index contributed by atoms with van der Waals surface area (Å²) in [5.41, 5.74) is 2.85. The number of rotatable bonds is 7. The van der Waals surface area contributed by atoms with Crippen LogP contribution >= 0.6 is 0 Å². The van der Waals surface area contributed by atoms with Crippen LogP contribution in [0.1, 0.15) is 12.1 Å². The zero-order valence-electron chi connectivity index (χ0n) is 19.0. The van der Waals surface area contributed by atoms with Gasteiger partial charge in [0.05, 0.1) is 43.5 Å². The molecule has 4 aromatic rings. The fourth-order valence-electron chi connectivity index (χ4n) is 4.30. The van der Waals surface area contributed by atoms with Crippen LogP contribution in [-0.2, 0) is 22.7 Å². The smallest absolute Gasteiger partial charge is 0.414 e. The number of benzene rings is 1. The van der Waals surface area contributed by atoms with Crippen molar-refractivity contribution >= 4 is 17.5 Å². The van der Waals surface area contributed by atoms with Gasteiger partial charge in [0.2, 0.25) is 0 Å². The van der Waals surface area contributed by atoms with E-state index in [1.54, 1.807) is 60.1 Å². The Morgan fingerprint density at radius 1 is 1.08 bits per heavy atom. The zero-order chi connectivity index (χ0) is 24.5. The minimum Gasteiger partial charge on any atom is -0.442 e. The third-order valence-corrected chi connectivity index (χ3v) is 6.08. The molecule has 2 aliphatic heterocycles. The van der Waals surface area contributed by atoms with E-state index < -0.39 is 18.0 Å². The van der Waals surface area contributed by atoms with Crippen LogP contribution in [0.3, 0.4) is 0 Å². The molecule has 36 heavy (non-hydrogen) atoms. The number of oxime groups is 1. The van der Waals surface area contributed by atoms with Gasteiger partial charge in [-0.3, -0.25) is 9.88 Å². The third-order valence-electron chi connectivity index (χ3n) is 6.08. The van der Waals surface area contributed by atoms with Gasteiger partial charge in [-0.25, -0.2) is 18.9 Å². The molecule has 2 atom stereocenters. The molecule has 182 valence electrons. The SMILES string of the molecule is O=C1O[C@@H](Cn2ccnn2)CN1c1ccc(-c2ccc(C3=NO[C@H](Cn4ccnc4)C3)nc2)c(F)c1. The van der Waals surface area contributed by atoms with Crippen LogP contribution in [0, 0.1) is 5.82 Å². The van der Waals surface area contributed by atoms with Crippen LogP contribution in [-0.4, -0.2) is 60.1 Å². The monoisotopic (exact) mass is 488 g/mol. The highest BCUT2D eigenvalue weighted by Crippen LogP contribution is 2.29. The van der Waals surface area contributed by atoms with Gasteiger partial charge in [0.25, 0.3) is 0 Å². The highest BCUT2D eigenvalue weighted by molar-refractivity contribution is 5.99. The van der Waals surface area contributed by atoms with Crippen LogP contribution in [0.5, 0.6) is 0 Å². The average molecular weight is 488 g/mol. The first-order valence-corrected chi connectivity index (χ1v) is 11.4. The maximum atomic E-state index is 15.1. The number of hydrogen-bond donors (Lipinski definition) is 0. The predicted octanol–water partition coefficient (Wildman–Crippen LogP) is 2.89. The lowest BCUT2D eigenvalue weighted by Crippen LogP contribution is -2.26. The maximum Gasteiger partial charge on any atom is 0.414 e. The second kappa shape index (κ2) is 9.21. The number of carbonyl (C=O) groups is 1. The lowest BCUT2D eigenvalue weighted by atomic mass is 10.0. The van der Waals surface area contributed by atoms with Crippen LogP contribution in [0.4, 0.5) is 14.9 Å². The number of imidazole rings is 1. The molecule has 0 radical (unpaired) electrons. The van der Waals surface area contributed by atoms with Crippen molar-refractivity contribution in [1.29, 1.82) is 0 Å². The summed E-state index contributed by atoms with van der Waals surface area (Å²) in [6.45, 7) is 1.32. The Morgan fingerprint density at radius 2 is 2.03 bits per heavy atom. The first-order chi connectivity index (χ1) is 17.6. The quantitative estimate of drug-likeness (QED) is 0.393. The van der Waals surface area contributed by atoms with Crippen molar-refractivity contribution in [3.63, 3.8) is 0 Å². The summed E-state index contributed by atoms with van der Waals surface area (Å²) in [7, 11) is 0. The van der Waals surface area contributed by atoms with Crippen LogP contribution in [0.15, 0.2) is 72.8 Å². The van der Waals surface area contributed by atoms with Crippen molar-refractivity contribution in [3.8, 4) is 11.1 Å². The molecule has 0 saturated carbocycles. The molecule has 0 bridgehead atoms. The van der Waals surface area contributed by atoms with E-state index in [1.807, 2.05) is 10.8 Å². The Hall–Kier alpha value is -4.61. The number of carbonyl (C=O) groups excluding carboxylic acids is 1. The van der Waals surface area contributed by atoms with E-state index in [-0.39, 0.29) is 6.10 Å². The van der Waals surface area contributed by atoms with Crippen LogP contribution < -0.4 is 4.90 Å². The second-order valence-electron chi connectivity index (χ2n) is 8.57. The molecule has 3 aromatic heterocycles. The van der Waals surface area contributed by atoms with Gasteiger partial charge in [0, 0.05) is 42.3 Å². The highest BCUT2D eigenvalue weighted by Gasteiger charge is 2.33. The first kappa shape index (κ1) is 21.9. The Labute approximate surface area is 204 Å². The molecular weight excluding hydrogens is 467 g/mol. The maximum absolute atomic E-state index is 15.1. The molecule has 2 aliphatic rings. The Kier molecular flexibility index (Phi) is 5.60. The normalized spacial score (nSPS) is 19.3. The number of amides is 1. The van der Waals surface area contributed by atoms with Crippen molar-refractivity contribution in [3.05, 3.63) is 79.2 Å². The average Bonchev–Trinajstić information content (AvgIpc) is 3.69. The number of hydrogen-bond acceptors (Lipinski definition) is 8. The van der Waals surface area contributed by atoms with Crippen molar-refractivity contribution in [2.75, 3.05) is 11.4 Å². The van der Waals surface area contributed by atoms with E-state index in [2.05, 4.69) is 25.4 Å². The van der Waals surface area contributed by atoms with Crippen molar-refractivity contribution < 1.29 is 18.8 Å². The van der Waals surface area contributed by atoms with E-state index in [4.69, 9.17) is 9.57 Å². The topological polar surface area (TPSA) is 113 Å². The van der Waals surface area contributed by atoms with Crippen LogP contribution in [0.2, 0.25) is 0 Å². The molecule has 1 aromatic carbocycles. The van der Waals surface area contributed by atoms with Gasteiger partial charge in [-0.05, 0) is 24.3 Å². The summed E-state index contributed by atoms with van der Waals surface area (Å²) in [6.07, 6.45) is 9.79. The molecule has 1 saturated heterocycles. The van der Waals surface area contributed by atoms with E-state index >= 15 is 4.39 Å². The Balaban J connectivity index is 1.12. The van der Waals surface area contributed by atoms with E-state index in [0.29, 0.717) is 48.6 Å². The van der Waals surface area contributed by atoms with Gasteiger partial charge < -0.3 is 14.1 Å². The molecule has 11 nitrogen and oxygen atoms in total. The molecule has 1 fully saturated rings. The zero-order valence-corrected chi connectivity index (χ0v) is 19.0. The number of ether oxygens (including phenoxy) is 1. The summed E-state index contributed by atoms with van der Waals surface area (Å²) in [5, 5.41) is 11.8. The molecule has 0 aliphatic carbocycles. The highest BCUT2D eigenvalue weighted by atomic mass is 19.1. The summed E-state index contributed by atoms with van der Waals surface area (Å²) in [5.74, 6) is -0.462. The Morgan fingerprint density at radius 3 is 2.78 bits per heavy atom. The summed E-state index contributed by atoms with van der Waals surface area (Å²) in [6, 6.07) is 8.26. The first-order valence-electron chi connectivity index (χ1n) is 11.4. The fourth-order valence-corrected chi connectivity index (χ4v) is 4.30. The summed E-state index contributed by atoms with van der Waals surface area (Å²) in [4.78, 5) is 27.8. The molecule has 0 unspecified atom stereocenters. The minimum atomic E-state index is -0.524. The molecule has 1 amide bonds. The van der Waals surface area contributed by atoms with Gasteiger partial charge in [-0.1, -0.05) is 16.4 Å².